The van der Waals surface area contributed by atoms with Crippen molar-refractivity contribution in [1.82, 2.24) is 0 Å². The average Bonchev–Trinajstić information content (AvgIpc) is 2.54. The number of thioether (sulfide) groups is 1. The summed E-state index contributed by atoms with van der Waals surface area (Å²) in [5, 5.41) is 19.1. The minimum absolute atomic E-state index is 0.0389. The highest BCUT2D eigenvalue weighted by Gasteiger charge is 2.14. The maximum absolute atomic E-state index is 11.2. The van der Waals surface area contributed by atoms with Gasteiger partial charge < -0.3 is 9.84 Å². The van der Waals surface area contributed by atoms with E-state index in [0.717, 1.165) is 4.90 Å². The van der Waals surface area contributed by atoms with Crippen LogP contribution in [-0.2, 0) is 9.53 Å². The van der Waals surface area contributed by atoms with Crippen LogP contribution in [-0.4, -0.2) is 29.5 Å². The van der Waals surface area contributed by atoms with E-state index in [0.29, 0.717) is 31.6 Å². The summed E-state index contributed by atoms with van der Waals surface area (Å²) in [7, 11) is 0. The number of aliphatic hydroxyl groups excluding tert-OH is 1. The van der Waals surface area contributed by atoms with Gasteiger partial charge in [0.05, 0.1) is 18.8 Å². The molecule has 0 radical (unpaired) electrons. The van der Waals surface area contributed by atoms with E-state index in [9.17, 15) is 9.90 Å². The van der Waals surface area contributed by atoms with Crippen molar-refractivity contribution in [2.24, 2.45) is 5.92 Å². The molecule has 1 aromatic carbocycles. The summed E-state index contributed by atoms with van der Waals surface area (Å²) >= 11 is 1.60. The molecule has 0 heterocycles. The van der Waals surface area contributed by atoms with Gasteiger partial charge >= 0.3 is 5.97 Å². The molecule has 1 aromatic rings. The van der Waals surface area contributed by atoms with E-state index in [1.165, 1.54) is 6.08 Å². The van der Waals surface area contributed by atoms with Gasteiger partial charge in [-0.3, -0.25) is 0 Å². The molecule has 23 heavy (non-hydrogen) atoms. The molecule has 124 valence electrons. The van der Waals surface area contributed by atoms with Crippen LogP contribution in [0.2, 0.25) is 0 Å². The molecule has 0 fully saturated rings. The van der Waals surface area contributed by atoms with Crippen molar-refractivity contribution in [3.05, 3.63) is 42.5 Å². The number of nitrogens with zero attached hydrogens (tertiary/aromatic N) is 1. The van der Waals surface area contributed by atoms with Gasteiger partial charge in [-0.2, -0.15) is 5.26 Å². The predicted octanol–water partition coefficient (Wildman–Crippen LogP) is 3.57. The third-order valence-electron chi connectivity index (χ3n) is 3.18. The summed E-state index contributed by atoms with van der Waals surface area (Å²) in [6, 6.07) is 12.0. The summed E-state index contributed by atoms with van der Waals surface area (Å²) in [4.78, 5) is 12.4. The Morgan fingerprint density at radius 3 is 2.83 bits per heavy atom. The summed E-state index contributed by atoms with van der Waals surface area (Å²) in [6.45, 7) is 2.10. The maximum Gasteiger partial charge on any atom is 0.330 e. The van der Waals surface area contributed by atoms with E-state index in [1.54, 1.807) is 24.8 Å². The van der Waals surface area contributed by atoms with Gasteiger partial charge in [0.25, 0.3) is 0 Å². The average molecular weight is 333 g/mol. The second-order valence-corrected chi connectivity index (χ2v) is 6.23. The minimum atomic E-state index is -0.477. The van der Waals surface area contributed by atoms with E-state index in [-0.39, 0.29) is 11.9 Å². The Bertz CT molecular complexity index is 525. The Labute approximate surface area is 142 Å². The highest BCUT2D eigenvalue weighted by molar-refractivity contribution is 7.99. The topological polar surface area (TPSA) is 70.3 Å². The molecule has 5 heteroatoms. The number of rotatable bonds is 10. The van der Waals surface area contributed by atoms with Gasteiger partial charge in [0.15, 0.2) is 0 Å². The van der Waals surface area contributed by atoms with Crippen LogP contribution in [0.1, 0.15) is 26.2 Å². The summed E-state index contributed by atoms with van der Waals surface area (Å²) in [5.41, 5.74) is 0. The van der Waals surface area contributed by atoms with E-state index in [4.69, 9.17) is 10.00 Å². The standard InChI is InChI=1S/C18H23NO3S/c1-2-22-18(21)10-6-7-15(11-12-19)13-16(20)14-23-17-8-4-3-5-9-17/h3-6,8-10,15-16,20H,2,7,11,13-14H2,1H3/b10-6+. The lowest BCUT2D eigenvalue weighted by atomic mass is 9.95. The van der Waals surface area contributed by atoms with Gasteiger partial charge in [0, 0.05) is 23.1 Å². The van der Waals surface area contributed by atoms with Crippen molar-refractivity contribution in [3.63, 3.8) is 0 Å². The first-order chi connectivity index (χ1) is 11.2. The Balaban J connectivity index is 2.39. The fraction of sp³-hybridized carbons (Fsp3) is 0.444. The molecule has 0 saturated heterocycles. The van der Waals surface area contributed by atoms with E-state index < -0.39 is 6.10 Å². The number of ether oxygens (including phenoxy) is 1. The number of nitriles is 1. The quantitative estimate of drug-likeness (QED) is 0.403. The third-order valence-corrected chi connectivity index (χ3v) is 4.34. The maximum atomic E-state index is 11.2. The van der Waals surface area contributed by atoms with Crippen molar-refractivity contribution in [3.8, 4) is 6.07 Å². The number of aliphatic hydroxyl groups is 1. The number of hydrogen-bond acceptors (Lipinski definition) is 5. The molecule has 0 bridgehead atoms. The Hall–Kier alpha value is -1.77. The molecular formula is C18H23NO3S. The van der Waals surface area contributed by atoms with Crippen molar-refractivity contribution in [1.29, 1.82) is 5.26 Å². The lowest BCUT2D eigenvalue weighted by Gasteiger charge is -2.16. The van der Waals surface area contributed by atoms with Gasteiger partial charge in [0.2, 0.25) is 0 Å². The number of allylic oxidation sites excluding steroid dienone is 1. The van der Waals surface area contributed by atoms with Crippen LogP contribution < -0.4 is 0 Å². The highest BCUT2D eigenvalue weighted by Crippen LogP contribution is 2.22. The zero-order valence-corrected chi connectivity index (χ0v) is 14.2. The number of hydrogen-bond donors (Lipinski definition) is 1. The van der Waals surface area contributed by atoms with Crippen LogP contribution in [0.5, 0.6) is 0 Å². The van der Waals surface area contributed by atoms with Crippen molar-refractivity contribution < 1.29 is 14.6 Å². The van der Waals surface area contributed by atoms with Crippen LogP contribution in [0.4, 0.5) is 0 Å². The number of benzene rings is 1. The number of esters is 1. The zero-order chi connectivity index (χ0) is 16.9. The van der Waals surface area contributed by atoms with Crippen LogP contribution >= 0.6 is 11.8 Å². The van der Waals surface area contributed by atoms with Gasteiger partial charge in [-0.05, 0) is 37.8 Å². The molecule has 0 aromatic heterocycles. The van der Waals surface area contributed by atoms with Crippen LogP contribution in [0, 0.1) is 17.2 Å². The summed E-state index contributed by atoms with van der Waals surface area (Å²) < 4.78 is 4.81. The SMILES string of the molecule is CCOC(=O)/C=C/CC(CC#N)CC(O)CSc1ccccc1. The molecular weight excluding hydrogens is 310 g/mol. The predicted molar refractivity (Wildman–Crippen MR) is 91.9 cm³/mol. The molecule has 0 aliphatic carbocycles. The van der Waals surface area contributed by atoms with E-state index in [2.05, 4.69) is 6.07 Å². The Kier molecular flexibility index (Phi) is 9.85. The molecule has 0 spiro atoms. The molecule has 4 nitrogen and oxygen atoms in total. The Morgan fingerprint density at radius 1 is 1.43 bits per heavy atom. The molecule has 0 aliphatic rings. The lowest BCUT2D eigenvalue weighted by Crippen LogP contribution is -2.16. The van der Waals surface area contributed by atoms with Gasteiger partial charge in [-0.1, -0.05) is 24.3 Å². The van der Waals surface area contributed by atoms with E-state index in [1.807, 2.05) is 30.3 Å². The number of carbonyl (C=O) groups is 1. The first-order valence-corrected chi connectivity index (χ1v) is 8.70. The summed E-state index contributed by atoms with van der Waals surface area (Å²) in [6.07, 6.45) is 4.12. The molecule has 0 amide bonds. The normalized spacial score (nSPS) is 13.4. The monoisotopic (exact) mass is 333 g/mol. The largest absolute Gasteiger partial charge is 0.463 e. The van der Waals surface area contributed by atoms with Crippen molar-refractivity contribution >= 4 is 17.7 Å². The molecule has 2 unspecified atom stereocenters. The van der Waals surface area contributed by atoms with Crippen LogP contribution in [0.15, 0.2) is 47.4 Å². The second kappa shape index (κ2) is 11.8. The molecule has 1 N–H and O–H groups in total. The van der Waals surface area contributed by atoms with Crippen LogP contribution in [0.25, 0.3) is 0 Å². The highest BCUT2D eigenvalue weighted by atomic mass is 32.2. The summed E-state index contributed by atoms with van der Waals surface area (Å²) in [5.74, 6) is 0.258. The van der Waals surface area contributed by atoms with Gasteiger partial charge in [-0.15, -0.1) is 11.8 Å². The lowest BCUT2D eigenvalue weighted by molar-refractivity contribution is -0.137. The smallest absolute Gasteiger partial charge is 0.330 e. The van der Waals surface area contributed by atoms with Gasteiger partial charge in [0.1, 0.15) is 0 Å². The van der Waals surface area contributed by atoms with Gasteiger partial charge in [-0.25, -0.2) is 4.79 Å². The fourth-order valence-corrected chi connectivity index (χ4v) is 2.97. The first kappa shape index (κ1) is 19.3. The molecule has 2 atom stereocenters. The van der Waals surface area contributed by atoms with Crippen LogP contribution in [0.3, 0.4) is 0 Å². The third kappa shape index (κ3) is 9.07. The molecule has 0 aliphatic heterocycles. The van der Waals surface area contributed by atoms with Crippen molar-refractivity contribution in [2.45, 2.75) is 37.2 Å². The molecule has 0 saturated carbocycles. The molecule has 1 rings (SSSR count). The van der Waals surface area contributed by atoms with E-state index >= 15 is 0 Å². The second-order valence-electron chi connectivity index (χ2n) is 5.13. The zero-order valence-electron chi connectivity index (χ0n) is 13.4. The fourth-order valence-electron chi connectivity index (χ4n) is 2.10. The number of carbonyl (C=O) groups excluding carboxylic acids is 1. The Morgan fingerprint density at radius 2 is 2.17 bits per heavy atom. The van der Waals surface area contributed by atoms with Crippen molar-refractivity contribution in [2.75, 3.05) is 12.4 Å². The minimum Gasteiger partial charge on any atom is -0.463 e. The first-order valence-electron chi connectivity index (χ1n) is 7.71.